The zero-order valence-corrected chi connectivity index (χ0v) is 13.4. The molecule has 1 aromatic heterocycles. The number of methoxy groups -OCH3 is 1. The van der Waals surface area contributed by atoms with Crippen LogP contribution in [0.2, 0.25) is 0 Å². The Kier molecular flexibility index (Phi) is 7.22. The van der Waals surface area contributed by atoms with Gasteiger partial charge in [-0.05, 0) is 25.0 Å². The van der Waals surface area contributed by atoms with E-state index in [0.29, 0.717) is 29.3 Å². The van der Waals surface area contributed by atoms with Crippen molar-refractivity contribution in [1.82, 2.24) is 10.1 Å². The quantitative estimate of drug-likeness (QED) is 0.803. The molecule has 0 radical (unpaired) electrons. The summed E-state index contributed by atoms with van der Waals surface area (Å²) in [6.07, 6.45) is 2.55. The average Bonchev–Trinajstić information content (AvgIpc) is 2.94. The molecule has 5 nitrogen and oxygen atoms in total. The Morgan fingerprint density at radius 1 is 1.36 bits per heavy atom. The highest BCUT2D eigenvalue weighted by Gasteiger charge is 2.07. The molecule has 0 atom stereocenters. The molecule has 0 amide bonds. The lowest BCUT2D eigenvalue weighted by Gasteiger charge is -1.97. The van der Waals surface area contributed by atoms with Gasteiger partial charge < -0.3 is 9.26 Å². The van der Waals surface area contributed by atoms with Crippen LogP contribution >= 0.6 is 0 Å². The van der Waals surface area contributed by atoms with E-state index in [4.69, 9.17) is 4.52 Å². The highest BCUT2D eigenvalue weighted by molar-refractivity contribution is 5.68. The molecular formula is C16H21FN2O3. The van der Waals surface area contributed by atoms with Gasteiger partial charge in [-0.25, -0.2) is 4.39 Å². The zero-order valence-electron chi connectivity index (χ0n) is 13.4. The molecule has 0 saturated carbocycles. The van der Waals surface area contributed by atoms with Crippen LogP contribution < -0.4 is 0 Å². The Morgan fingerprint density at radius 3 is 2.59 bits per heavy atom. The van der Waals surface area contributed by atoms with Crippen LogP contribution in [0.4, 0.5) is 4.39 Å². The van der Waals surface area contributed by atoms with Crippen molar-refractivity contribution in [1.29, 1.82) is 0 Å². The van der Waals surface area contributed by atoms with E-state index >= 15 is 0 Å². The SMILES string of the molecule is CCCCC(=O)OC.Cc1nc(-c2ccc(C)c(F)c2)no1. The van der Waals surface area contributed by atoms with Gasteiger partial charge in [-0.2, -0.15) is 4.98 Å². The minimum absolute atomic E-state index is 0.105. The fraction of sp³-hybridized carbons (Fsp3) is 0.438. The van der Waals surface area contributed by atoms with Crippen LogP contribution in [0.15, 0.2) is 22.7 Å². The van der Waals surface area contributed by atoms with Gasteiger partial charge in [0.15, 0.2) is 0 Å². The number of esters is 1. The number of carbonyl (C=O) groups is 1. The van der Waals surface area contributed by atoms with E-state index in [2.05, 4.69) is 14.9 Å². The summed E-state index contributed by atoms with van der Waals surface area (Å²) in [5.41, 5.74) is 1.24. The van der Waals surface area contributed by atoms with Crippen LogP contribution in [0.1, 0.15) is 37.6 Å². The number of carbonyl (C=O) groups excluding carboxylic acids is 1. The third-order valence-electron chi connectivity index (χ3n) is 2.92. The predicted octanol–water partition coefficient (Wildman–Crippen LogP) is 3.84. The largest absolute Gasteiger partial charge is 0.469 e. The Hall–Kier alpha value is -2.24. The average molecular weight is 308 g/mol. The van der Waals surface area contributed by atoms with Crippen molar-refractivity contribution in [3.8, 4) is 11.4 Å². The van der Waals surface area contributed by atoms with Crippen molar-refractivity contribution in [3.63, 3.8) is 0 Å². The lowest BCUT2D eigenvalue weighted by Crippen LogP contribution is -1.98. The molecule has 120 valence electrons. The van der Waals surface area contributed by atoms with Crippen molar-refractivity contribution in [2.24, 2.45) is 0 Å². The van der Waals surface area contributed by atoms with Crippen LogP contribution in [0.5, 0.6) is 0 Å². The minimum atomic E-state index is -0.259. The van der Waals surface area contributed by atoms with Crippen molar-refractivity contribution in [2.75, 3.05) is 7.11 Å². The Bertz CT molecular complexity index is 611. The maximum atomic E-state index is 13.2. The van der Waals surface area contributed by atoms with E-state index in [0.717, 1.165) is 12.8 Å². The second-order valence-electron chi connectivity index (χ2n) is 4.78. The summed E-state index contributed by atoms with van der Waals surface area (Å²) < 4.78 is 22.4. The summed E-state index contributed by atoms with van der Waals surface area (Å²) in [6.45, 7) is 5.45. The topological polar surface area (TPSA) is 65.2 Å². The standard InChI is InChI=1S/C10H9FN2O.C6H12O2/c1-6-3-4-8(5-9(6)11)10-12-7(2)14-13-10;1-3-4-5-6(7)8-2/h3-5H,1-2H3;3-5H2,1-2H3. The van der Waals surface area contributed by atoms with Gasteiger partial charge in [-0.1, -0.05) is 30.6 Å². The maximum absolute atomic E-state index is 13.2. The maximum Gasteiger partial charge on any atom is 0.305 e. The molecule has 0 bridgehead atoms. The molecule has 0 fully saturated rings. The number of aromatic nitrogens is 2. The number of aryl methyl sites for hydroxylation is 2. The summed E-state index contributed by atoms with van der Waals surface area (Å²) in [6, 6.07) is 4.86. The molecular weight excluding hydrogens is 287 g/mol. The van der Waals surface area contributed by atoms with Gasteiger partial charge in [-0.15, -0.1) is 0 Å². The first kappa shape index (κ1) is 17.8. The first-order valence-corrected chi connectivity index (χ1v) is 7.11. The van der Waals surface area contributed by atoms with Gasteiger partial charge in [0.25, 0.3) is 0 Å². The fourth-order valence-corrected chi connectivity index (χ4v) is 1.57. The molecule has 0 N–H and O–H groups in total. The molecule has 0 spiro atoms. The number of unbranched alkanes of at least 4 members (excludes halogenated alkanes) is 1. The van der Waals surface area contributed by atoms with Gasteiger partial charge in [-0.3, -0.25) is 4.79 Å². The Balaban J connectivity index is 0.000000261. The smallest absolute Gasteiger partial charge is 0.305 e. The summed E-state index contributed by atoms with van der Waals surface area (Å²) in [5, 5.41) is 3.70. The van der Waals surface area contributed by atoms with Crippen molar-refractivity contribution < 1.29 is 18.4 Å². The first-order valence-electron chi connectivity index (χ1n) is 7.11. The zero-order chi connectivity index (χ0) is 16.5. The van der Waals surface area contributed by atoms with E-state index in [-0.39, 0.29) is 11.8 Å². The van der Waals surface area contributed by atoms with Crippen LogP contribution in [0.3, 0.4) is 0 Å². The highest BCUT2D eigenvalue weighted by atomic mass is 19.1. The Morgan fingerprint density at radius 2 is 2.09 bits per heavy atom. The van der Waals surface area contributed by atoms with Gasteiger partial charge in [0.05, 0.1) is 7.11 Å². The molecule has 6 heteroatoms. The number of benzene rings is 1. The molecule has 0 aliphatic heterocycles. The summed E-state index contributed by atoms with van der Waals surface area (Å²) >= 11 is 0. The van der Waals surface area contributed by atoms with Crippen LogP contribution in [0, 0.1) is 19.7 Å². The van der Waals surface area contributed by atoms with E-state index in [1.54, 1.807) is 26.0 Å². The lowest BCUT2D eigenvalue weighted by molar-refractivity contribution is -0.140. The first-order chi connectivity index (χ1) is 10.5. The van der Waals surface area contributed by atoms with Crippen LogP contribution in [0.25, 0.3) is 11.4 Å². The lowest BCUT2D eigenvalue weighted by atomic mass is 10.1. The fourth-order valence-electron chi connectivity index (χ4n) is 1.57. The third-order valence-corrected chi connectivity index (χ3v) is 2.92. The van der Waals surface area contributed by atoms with E-state index in [1.807, 2.05) is 6.92 Å². The number of hydrogen-bond donors (Lipinski definition) is 0. The molecule has 2 aromatic rings. The minimum Gasteiger partial charge on any atom is -0.469 e. The number of hydrogen-bond acceptors (Lipinski definition) is 5. The van der Waals surface area contributed by atoms with Crippen molar-refractivity contribution >= 4 is 5.97 Å². The molecule has 0 unspecified atom stereocenters. The van der Waals surface area contributed by atoms with E-state index < -0.39 is 0 Å². The van der Waals surface area contributed by atoms with Gasteiger partial charge in [0.2, 0.25) is 11.7 Å². The Labute approximate surface area is 129 Å². The summed E-state index contributed by atoms with van der Waals surface area (Å²) in [5.74, 6) is 0.527. The van der Waals surface area contributed by atoms with Crippen LogP contribution in [-0.2, 0) is 9.53 Å². The van der Waals surface area contributed by atoms with Crippen LogP contribution in [-0.4, -0.2) is 23.2 Å². The van der Waals surface area contributed by atoms with Gasteiger partial charge in [0, 0.05) is 18.9 Å². The number of halogens is 1. The number of rotatable bonds is 4. The second kappa shape index (κ2) is 8.92. The molecule has 0 saturated heterocycles. The number of nitrogens with zero attached hydrogens (tertiary/aromatic N) is 2. The molecule has 0 aliphatic carbocycles. The third kappa shape index (κ3) is 5.63. The predicted molar refractivity (Wildman–Crippen MR) is 80.7 cm³/mol. The molecule has 2 rings (SSSR count). The molecule has 1 aromatic carbocycles. The van der Waals surface area contributed by atoms with Crippen molar-refractivity contribution in [3.05, 3.63) is 35.5 Å². The summed E-state index contributed by atoms with van der Waals surface area (Å²) in [4.78, 5) is 14.4. The number of ether oxygens (including phenoxy) is 1. The van der Waals surface area contributed by atoms with E-state index in [1.165, 1.54) is 13.2 Å². The second-order valence-corrected chi connectivity index (χ2v) is 4.78. The van der Waals surface area contributed by atoms with Gasteiger partial charge >= 0.3 is 5.97 Å². The monoisotopic (exact) mass is 308 g/mol. The molecule has 22 heavy (non-hydrogen) atoms. The summed E-state index contributed by atoms with van der Waals surface area (Å²) in [7, 11) is 1.41. The highest BCUT2D eigenvalue weighted by Crippen LogP contribution is 2.18. The van der Waals surface area contributed by atoms with Gasteiger partial charge in [0.1, 0.15) is 5.82 Å². The van der Waals surface area contributed by atoms with E-state index in [9.17, 15) is 9.18 Å². The molecule has 1 heterocycles. The molecule has 0 aliphatic rings. The normalized spacial score (nSPS) is 9.86. The van der Waals surface area contributed by atoms with Crippen molar-refractivity contribution in [2.45, 2.75) is 40.0 Å².